The largest absolute Gasteiger partial charge is 0.454 e. The predicted molar refractivity (Wildman–Crippen MR) is 64.8 cm³/mol. The number of ketones is 1. The lowest BCUT2D eigenvalue weighted by molar-refractivity contribution is -0.0885. The maximum absolute atomic E-state index is 12.2. The summed E-state index contributed by atoms with van der Waals surface area (Å²) in [6, 6.07) is 5.32. The number of nitrogens with one attached hydrogen (secondary N) is 1. The molecule has 0 saturated carbocycles. The Hall–Kier alpha value is -1.52. The summed E-state index contributed by atoms with van der Waals surface area (Å²) in [6.07, 6.45) is -4.82. The van der Waals surface area contributed by atoms with E-state index >= 15 is 0 Å². The van der Waals surface area contributed by atoms with Crippen LogP contribution in [0.3, 0.4) is 0 Å². The Bertz CT molecular complexity index is 415. The van der Waals surface area contributed by atoms with E-state index in [0.717, 1.165) is 0 Å². The van der Waals surface area contributed by atoms with Crippen LogP contribution in [0.5, 0.6) is 0 Å². The number of carbonyl (C=O) groups is 1. The van der Waals surface area contributed by atoms with E-state index in [-0.39, 0.29) is 11.0 Å². The highest BCUT2D eigenvalue weighted by atomic mass is 19.4. The van der Waals surface area contributed by atoms with Crippen molar-refractivity contribution in [3.05, 3.63) is 29.8 Å². The summed E-state index contributed by atoms with van der Waals surface area (Å²) in [5, 5.41) is 3.10. The fraction of sp³-hybridized carbons (Fsp3) is 0.462. The van der Waals surface area contributed by atoms with Gasteiger partial charge in [-0.05, 0) is 29.7 Å². The Balaban J connectivity index is 2.72. The maximum atomic E-state index is 12.2. The van der Waals surface area contributed by atoms with Crippen LogP contribution in [0.15, 0.2) is 24.3 Å². The molecule has 0 radical (unpaired) electrons. The number of anilines is 1. The number of hydrogen-bond acceptors (Lipinski definition) is 2. The highest BCUT2D eigenvalue weighted by Crippen LogP contribution is 2.23. The molecule has 0 atom stereocenters. The van der Waals surface area contributed by atoms with Gasteiger partial charge in [0.2, 0.25) is 0 Å². The monoisotopic (exact) mass is 259 g/mol. The molecule has 1 rings (SSSR count). The van der Waals surface area contributed by atoms with Crippen LogP contribution in [-0.2, 0) is 0 Å². The molecule has 1 N–H and O–H groups in total. The van der Waals surface area contributed by atoms with Crippen molar-refractivity contribution in [2.75, 3.05) is 11.9 Å². The maximum Gasteiger partial charge on any atom is 0.454 e. The molecule has 0 saturated heterocycles. The molecule has 18 heavy (non-hydrogen) atoms. The van der Waals surface area contributed by atoms with Crippen LogP contribution in [0.4, 0.5) is 18.9 Å². The highest BCUT2D eigenvalue weighted by Gasteiger charge is 2.39. The lowest BCUT2D eigenvalue weighted by atomic mass is 9.97. The van der Waals surface area contributed by atoms with E-state index in [9.17, 15) is 18.0 Å². The molecule has 0 aliphatic rings. The zero-order valence-electron chi connectivity index (χ0n) is 10.6. The van der Waals surface area contributed by atoms with E-state index in [1.807, 2.05) is 20.8 Å². The zero-order valence-corrected chi connectivity index (χ0v) is 10.6. The second-order valence-corrected chi connectivity index (χ2v) is 5.32. The normalized spacial score (nSPS) is 12.3. The Labute approximate surface area is 104 Å². The van der Waals surface area contributed by atoms with Crippen molar-refractivity contribution >= 4 is 11.5 Å². The molecular formula is C13H16F3NO. The minimum absolute atomic E-state index is 0.0699. The molecule has 1 aromatic carbocycles. The molecule has 100 valence electrons. The zero-order chi connectivity index (χ0) is 14.0. The average molecular weight is 259 g/mol. The fourth-order valence-corrected chi connectivity index (χ4v) is 1.27. The van der Waals surface area contributed by atoms with Gasteiger partial charge in [0.05, 0.1) is 0 Å². The molecule has 0 bridgehead atoms. The molecule has 0 fully saturated rings. The minimum atomic E-state index is -4.82. The highest BCUT2D eigenvalue weighted by molar-refractivity contribution is 6.00. The van der Waals surface area contributed by atoms with E-state index in [1.165, 1.54) is 24.3 Å². The number of rotatable bonds is 3. The predicted octanol–water partition coefficient (Wildman–Crippen LogP) is 3.89. The quantitative estimate of drug-likeness (QED) is 0.834. The number of hydrogen-bond donors (Lipinski definition) is 1. The molecule has 0 unspecified atom stereocenters. The van der Waals surface area contributed by atoms with Crippen LogP contribution in [0.2, 0.25) is 0 Å². The summed E-state index contributed by atoms with van der Waals surface area (Å²) in [5.74, 6) is -1.81. The third kappa shape index (κ3) is 4.39. The van der Waals surface area contributed by atoms with Crippen molar-refractivity contribution < 1.29 is 18.0 Å². The van der Waals surface area contributed by atoms with Crippen LogP contribution in [0.25, 0.3) is 0 Å². The molecule has 1 aromatic rings. The van der Waals surface area contributed by atoms with Gasteiger partial charge in [0.25, 0.3) is 5.78 Å². The van der Waals surface area contributed by atoms with Crippen molar-refractivity contribution in [3.63, 3.8) is 0 Å². The van der Waals surface area contributed by atoms with Crippen LogP contribution >= 0.6 is 0 Å². The third-order valence-electron chi connectivity index (χ3n) is 2.23. The van der Waals surface area contributed by atoms with Gasteiger partial charge < -0.3 is 5.32 Å². The summed E-state index contributed by atoms with van der Waals surface area (Å²) in [7, 11) is 0. The first-order chi connectivity index (χ1) is 8.09. The lowest BCUT2D eigenvalue weighted by Crippen LogP contribution is -2.22. The molecule has 0 heterocycles. The molecule has 0 aromatic heterocycles. The number of benzene rings is 1. The van der Waals surface area contributed by atoms with Gasteiger partial charge in [-0.1, -0.05) is 20.8 Å². The van der Waals surface area contributed by atoms with E-state index in [0.29, 0.717) is 12.2 Å². The van der Waals surface area contributed by atoms with Crippen LogP contribution < -0.4 is 5.32 Å². The van der Waals surface area contributed by atoms with Gasteiger partial charge in [-0.15, -0.1) is 0 Å². The van der Waals surface area contributed by atoms with E-state index in [2.05, 4.69) is 5.32 Å². The van der Waals surface area contributed by atoms with Crippen molar-refractivity contribution in [3.8, 4) is 0 Å². The Morgan fingerprint density at radius 2 is 1.61 bits per heavy atom. The average Bonchev–Trinajstić information content (AvgIpc) is 2.24. The van der Waals surface area contributed by atoms with Gasteiger partial charge in [0.1, 0.15) is 0 Å². The fourth-order valence-electron chi connectivity index (χ4n) is 1.27. The Morgan fingerprint density at radius 1 is 1.11 bits per heavy atom. The summed E-state index contributed by atoms with van der Waals surface area (Å²) < 4.78 is 36.5. The molecular weight excluding hydrogens is 243 g/mol. The summed E-state index contributed by atoms with van der Waals surface area (Å²) >= 11 is 0. The standard InChI is InChI=1S/C13H16F3NO/c1-12(2,3)8-17-10-6-4-9(5-7-10)11(18)13(14,15)16/h4-7,17H,8H2,1-3H3. The van der Waals surface area contributed by atoms with E-state index < -0.39 is 12.0 Å². The van der Waals surface area contributed by atoms with Crippen LogP contribution in [-0.4, -0.2) is 18.5 Å². The van der Waals surface area contributed by atoms with E-state index in [1.54, 1.807) is 0 Å². The lowest BCUT2D eigenvalue weighted by Gasteiger charge is -2.19. The van der Waals surface area contributed by atoms with Crippen molar-refractivity contribution in [1.29, 1.82) is 0 Å². The van der Waals surface area contributed by atoms with E-state index in [4.69, 9.17) is 0 Å². The molecule has 0 aliphatic heterocycles. The summed E-state index contributed by atoms with van der Waals surface area (Å²) in [5.41, 5.74) is 0.424. The molecule has 2 nitrogen and oxygen atoms in total. The number of carbonyl (C=O) groups excluding carboxylic acids is 1. The van der Waals surface area contributed by atoms with Gasteiger partial charge >= 0.3 is 6.18 Å². The molecule has 0 amide bonds. The number of Topliss-reactive ketones (excluding diaryl/α,β-unsaturated/α-hetero) is 1. The first-order valence-corrected chi connectivity index (χ1v) is 5.55. The second-order valence-electron chi connectivity index (χ2n) is 5.32. The van der Waals surface area contributed by atoms with Gasteiger partial charge in [0.15, 0.2) is 0 Å². The molecule has 0 aliphatic carbocycles. The van der Waals surface area contributed by atoms with Crippen LogP contribution in [0, 0.1) is 5.41 Å². The Kier molecular flexibility index (Phi) is 4.04. The molecule has 0 spiro atoms. The topological polar surface area (TPSA) is 29.1 Å². The van der Waals surface area contributed by atoms with Crippen molar-refractivity contribution in [2.45, 2.75) is 26.9 Å². The first kappa shape index (κ1) is 14.5. The smallest absolute Gasteiger partial charge is 0.385 e. The SMILES string of the molecule is CC(C)(C)CNc1ccc(C(=O)C(F)(F)F)cc1. The summed E-state index contributed by atoms with van der Waals surface area (Å²) in [4.78, 5) is 10.9. The first-order valence-electron chi connectivity index (χ1n) is 5.55. The second kappa shape index (κ2) is 5.00. The summed E-state index contributed by atoms with van der Waals surface area (Å²) in [6.45, 7) is 6.82. The number of halogens is 3. The van der Waals surface area contributed by atoms with Gasteiger partial charge in [0, 0.05) is 17.8 Å². The molecule has 5 heteroatoms. The minimum Gasteiger partial charge on any atom is -0.385 e. The third-order valence-corrected chi connectivity index (χ3v) is 2.23. The van der Waals surface area contributed by atoms with Crippen LogP contribution in [0.1, 0.15) is 31.1 Å². The van der Waals surface area contributed by atoms with Gasteiger partial charge in [-0.25, -0.2) is 0 Å². The number of alkyl halides is 3. The van der Waals surface area contributed by atoms with Crippen molar-refractivity contribution in [2.24, 2.45) is 5.41 Å². The Morgan fingerprint density at radius 3 is 2.00 bits per heavy atom. The van der Waals surface area contributed by atoms with Crippen molar-refractivity contribution in [1.82, 2.24) is 0 Å². The van der Waals surface area contributed by atoms with Gasteiger partial charge in [-0.2, -0.15) is 13.2 Å². The van der Waals surface area contributed by atoms with Gasteiger partial charge in [-0.3, -0.25) is 4.79 Å².